The average Bonchev–Trinajstić information content (AvgIpc) is 3.36. The van der Waals surface area contributed by atoms with Crippen LogP contribution in [-0.4, -0.2) is 68.0 Å². The second kappa shape index (κ2) is 12.1. The molecule has 4 heterocycles. The van der Waals surface area contributed by atoms with Crippen LogP contribution in [0.25, 0.3) is 0 Å². The summed E-state index contributed by atoms with van der Waals surface area (Å²) in [6, 6.07) is 13.0. The van der Waals surface area contributed by atoms with Gasteiger partial charge in [0.15, 0.2) is 5.82 Å². The van der Waals surface area contributed by atoms with Crippen LogP contribution in [0.2, 0.25) is 0 Å². The Morgan fingerprint density at radius 2 is 1.89 bits per heavy atom. The number of ether oxygens (including phenoxy) is 2. The Bertz CT molecular complexity index is 1240. The zero-order valence-corrected chi connectivity index (χ0v) is 22.4. The SMILES string of the molecule is CNc1cc(C(C)(C)C)on1.O=CNc1ccc(C#Cc2ccc(OCCN3CC4(COC4)C3)cn2)cc1. The van der Waals surface area contributed by atoms with Gasteiger partial charge in [-0.3, -0.25) is 9.69 Å². The van der Waals surface area contributed by atoms with Crippen LogP contribution in [0.4, 0.5) is 11.5 Å². The Balaban J connectivity index is 0.000000257. The van der Waals surface area contributed by atoms with E-state index in [2.05, 4.69) is 58.3 Å². The first-order valence-corrected chi connectivity index (χ1v) is 12.6. The summed E-state index contributed by atoms with van der Waals surface area (Å²) in [6.45, 7) is 11.9. The highest BCUT2D eigenvalue weighted by molar-refractivity contribution is 5.71. The predicted octanol–water partition coefficient (Wildman–Crippen LogP) is 3.77. The van der Waals surface area contributed by atoms with E-state index in [1.165, 1.54) is 0 Å². The van der Waals surface area contributed by atoms with Crippen molar-refractivity contribution in [3.63, 3.8) is 0 Å². The molecule has 5 rings (SSSR count). The predicted molar refractivity (Wildman–Crippen MR) is 146 cm³/mol. The molecule has 0 atom stereocenters. The topological polar surface area (TPSA) is 102 Å². The zero-order chi connectivity index (χ0) is 27.0. The third-order valence-corrected chi connectivity index (χ3v) is 6.30. The molecule has 0 aliphatic carbocycles. The van der Waals surface area contributed by atoms with E-state index in [1.807, 2.05) is 37.4 Å². The average molecular weight is 518 g/mol. The Kier molecular flexibility index (Phi) is 8.66. The molecule has 1 spiro atoms. The maximum atomic E-state index is 10.4. The van der Waals surface area contributed by atoms with Crippen LogP contribution in [0.3, 0.4) is 0 Å². The minimum atomic E-state index is 0.0437. The smallest absolute Gasteiger partial charge is 0.211 e. The normalized spacial score (nSPS) is 15.6. The molecule has 0 saturated carbocycles. The second-order valence-electron chi connectivity index (χ2n) is 10.6. The van der Waals surface area contributed by atoms with E-state index in [4.69, 9.17) is 14.0 Å². The van der Waals surface area contributed by atoms with E-state index >= 15 is 0 Å². The Hall–Kier alpha value is -3.87. The number of hydrogen-bond donors (Lipinski definition) is 2. The lowest BCUT2D eigenvalue weighted by atomic mass is 9.78. The van der Waals surface area contributed by atoms with Crippen LogP contribution in [0, 0.1) is 17.3 Å². The molecule has 9 heteroatoms. The van der Waals surface area contributed by atoms with Crippen LogP contribution in [-0.2, 0) is 14.9 Å². The van der Waals surface area contributed by atoms with E-state index in [1.54, 1.807) is 18.3 Å². The number of anilines is 2. The fourth-order valence-corrected chi connectivity index (χ4v) is 4.07. The summed E-state index contributed by atoms with van der Waals surface area (Å²) in [5, 5.41) is 9.32. The number of nitrogens with zero attached hydrogens (tertiary/aromatic N) is 3. The molecular weight excluding hydrogens is 482 g/mol. The monoisotopic (exact) mass is 517 g/mol. The molecule has 2 aliphatic rings. The molecule has 9 nitrogen and oxygen atoms in total. The zero-order valence-electron chi connectivity index (χ0n) is 22.4. The van der Waals surface area contributed by atoms with Gasteiger partial charge in [0.1, 0.15) is 23.8 Å². The first-order valence-electron chi connectivity index (χ1n) is 12.6. The number of carbonyl (C=O) groups is 1. The Labute approximate surface area is 223 Å². The number of benzene rings is 1. The van der Waals surface area contributed by atoms with E-state index in [-0.39, 0.29) is 5.41 Å². The Morgan fingerprint density at radius 1 is 1.13 bits per heavy atom. The maximum absolute atomic E-state index is 10.4. The maximum Gasteiger partial charge on any atom is 0.211 e. The highest BCUT2D eigenvalue weighted by Gasteiger charge is 2.48. The molecule has 0 bridgehead atoms. The number of carbonyl (C=O) groups excluding carboxylic acids is 1. The molecule has 2 aliphatic heterocycles. The molecule has 2 fully saturated rings. The van der Waals surface area contributed by atoms with Crippen molar-refractivity contribution in [3.05, 3.63) is 65.7 Å². The fourth-order valence-electron chi connectivity index (χ4n) is 4.07. The van der Waals surface area contributed by atoms with Crippen LogP contribution >= 0.6 is 0 Å². The van der Waals surface area contributed by atoms with Gasteiger partial charge < -0.3 is 24.6 Å². The summed E-state index contributed by atoms with van der Waals surface area (Å²) < 4.78 is 16.2. The highest BCUT2D eigenvalue weighted by Crippen LogP contribution is 2.37. The van der Waals surface area contributed by atoms with Crippen molar-refractivity contribution in [1.29, 1.82) is 0 Å². The highest BCUT2D eigenvalue weighted by atomic mass is 16.5. The van der Waals surface area contributed by atoms with Gasteiger partial charge in [-0.25, -0.2) is 4.98 Å². The van der Waals surface area contributed by atoms with Crippen molar-refractivity contribution in [2.24, 2.45) is 5.41 Å². The van der Waals surface area contributed by atoms with E-state index in [9.17, 15) is 4.79 Å². The van der Waals surface area contributed by atoms with Gasteiger partial charge in [-0.05, 0) is 42.3 Å². The number of aromatic nitrogens is 2. The number of hydrogen-bond acceptors (Lipinski definition) is 8. The first-order chi connectivity index (χ1) is 18.3. The Morgan fingerprint density at radius 3 is 2.42 bits per heavy atom. The summed E-state index contributed by atoms with van der Waals surface area (Å²) in [4.78, 5) is 17.1. The number of nitrogens with one attached hydrogen (secondary N) is 2. The summed E-state index contributed by atoms with van der Waals surface area (Å²) in [5.74, 6) is 8.53. The number of amides is 1. The third kappa shape index (κ3) is 7.34. The lowest BCUT2D eigenvalue weighted by Gasteiger charge is -2.55. The lowest BCUT2D eigenvalue weighted by Crippen LogP contribution is -2.66. The molecule has 1 aromatic carbocycles. The molecule has 200 valence electrons. The number of likely N-dealkylation sites (tertiary alicyclic amines) is 1. The van der Waals surface area contributed by atoms with Gasteiger partial charge in [-0.1, -0.05) is 31.8 Å². The first kappa shape index (κ1) is 27.2. The van der Waals surface area contributed by atoms with E-state index in [0.29, 0.717) is 24.1 Å². The molecule has 2 N–H and O–H groups in total. The molecule has 38 heavy (non-hydrogen) atoms. The van der Waals surface area contributed by atoms with Crippen LogP contribution in [0.15, 0.2) is 53.2 Å². The van der Waals surface area contributed by atoms with Crippen molar-refractivity contribution in [1.82, 2.24) is 15.0 Å². The third-order valence-electron chi connectivity index (χ3n) is 6.30. The minimum Gasteiger partial charge on any atom is -0.491 e. The summed E-state index contributed by atoms with van der Waals surface area (Å²) >= 11 is 0. The van der Waals surface area contributed by atoms with Gasteiger partial charge in [0.25, 0.3) is 0 Å². The molecular formula is C29H35N5O4. The van der Waals surface area contributed by atoms with Crippen molar-refractivity contribution in [3.8, 4) is 17.6 Å². The fraction of sp³-hybridized carbons (Fsp3) is 0.414. The van der Waals surface area contributed by atoms with Gasteiger partial charge in [0, 0.05) is 54.8 Å². The standard InChI is InChI=1S/C21H21N3O3.C8H14N2O/c25-16-23-19-5-2-17(3-6-19)1-4-18-7-8-20(11-22-18)27-10-9-24-12-21(13-24)14-26-15-21;1-8(2,3)6-5-7(9-4)10-11-6/h2-3,5-8,11,16H,9-10,12-15H2,(H,23,25);5H,1-4H3,(H,9,10). The molecule has 0 unspecified atom stereocenters. The summed E-state index contributed by atoms with van der Waals surface area (Å²) in [7, 11) is 1.82. The van der Waals surface area contributed by atoms with Crippen molar-refractivity contribution in [2.75, 3.05) is 57.1 Å². The van der Waals surface area contributed by atoms with Crippen LogP contribution in [0.1, 0.15) is 37.8 Å². The van der Waals surface area contributed by atoms with Crippen molar-refractivity contribution >= 4 is 17.9 Å². The van der Waals surface area contributed by atoms with Gasteiger partial charge in [0.2, 0.25) is 6.41 Å². The second-order valence-corrected chi connectivity index (χ2v) is 10.6. The van der Waals surface area contributed by atoms with Crippen LogP contribution in [0.5, 0.6) is 5.75 Å². The van der Waals surface area contributed by atoms with Gasteiger partial charge in [0.05, 0.1) is 19.4 Å². The van der Waals surface area contributed by atoms with Gasteiger partial charge in [-0.2, -0.15) is 0 Å². The number of rotatable bonds is 7. The van der Waals surface area contributed by atoms with Crippen LogP contribution < -0.4 is 15.4 Å². The molecule has 2 aromatic heterocycles. The van der Waals surface area contributed by atoms with E-state index in [0.717, 1.165) is 61.4 Å². The van der Waals surface area contributed by atoms with Crippen molar-refractivity contribution in [2.45, 2.75) is 26.2 Å². The quantitative estimate of drug-likeness (QED) is 0.361. The van der Waals surface area contributed by atoms with Gasteiger partial charge >= 0.3 is 0 Å². The molecule has 2 saturated heterocycles. The summed E-state index contributed by atoms with van der Waals surface area (Å²) in [5.41, 5.74) is 2.78. The molecule has 3 aromatic rings. The lowest BCUT2D eigenvalue weighted by molar-refractivity contribution is -0.189. The largest absolute Gasteiger partial charge is 0.491 e. The molecule has 0 radical (unpaired) electrons. The summed E-state index contributed by atoms with van der Waals surface area (Å²) in [6.07, 6.45) is 2.36. The molecule has 1 amide bonds. The minimum absolute atomic E-state index is 0.0437. The van der Waals surface area contributed by atoms with Crippen molar-refractivity contribution < 1.29 is 18.8 Å². The van der Waals surface area contributed by atoms with E-state index < -0.39 is 0 Å². The van der Waals surface area contributed by atoms with Gasteiger partial charge in [-0.15, -0.1) is 0 Å². The number of pyridine rings is 1.